The Balaban J connectivity index is 1.55. The molecule has 8 heteroatoms. The molecule has 3 heterocycles. The molecule has 2 bridgehead atoms. The van der Waals surface area contributed by atoms with Gasteiger partial charge in [0.1, 0.15) is 6.61 Å². The molecule has 0 aromatic rings. The number of esters is 2. The second kappa shape index (κ2) is 7.55. The largest absolute Gasteiger partial charge is 0.469 e. The van der Waals surface area contributed by atoms with Crippen molar-refractivity contribution >= 4 is 23.8 Å². The highest BCUT2D eigenvalue weighted by atomic mass is 16.5. The zero-order chi connectivity index (χ0) is 21.6. The molecular weight excluding hydrogens is 378 g/mol. The van der Waals surface area contributed by atoms with E-state index in [9.17, 15) is 19.2 Å². The van der Waals surface area contributed by atoms with E-state index in [1.807, 2.05) is 19.1 Å². The minimum atomic E-state index is -0.925. The highest BCUT2D eigenvalue weighted by Gasteiger charge is 2.60. The Labute approximate surface area is 170 Å². The molecule has 160 valence electrons. The van der Waals surface area contributed by atoms with Crippen molar-refractivity contribution in [3.05, 3.63) is 12.2 Å². The molecule has 0 aliphatic carbocycles. The molecule has 5 atom stereocenters. The summed E-state index contributed by atoms with van der Waals surface area (Å²) in [5, 5.41) is 0. The summed E-state index contributed by atoms with van der Waals surface area (Å²) in [7, 11) is 1.33. The number of imide groups is 1. The number of rotatable bonds is 8. The third kappa shape index (κ3) is 3.58. The molecule has 3 rings (SSSR count). The number of carbonyl (C=O) groups is 4. The van der Waals surface area contributed by atoms with Gasteiger partial charge < -0.3 is 14.2 Å². The molecule has 5 unspecified atom stereocenters. The van der Waals surface area contributed by atoms with Crippen LogP contribution >= 0.6 is 0 Å². The van der Waals surface area contributed by atoms with E-state index in [1.165, 1.54) is 12.0 Å². The van der Waals surface area contributed by atoms with Crippen molar-refractivity contribution in [1.29, 1.82) is 0 Å². The number of methoxy groups -OCH3 is 1. The van der Waals surface area contributed by atoms with E-state index in [0.717, 1.165) is 0 Å². The summed E-state index contributed by atoms with van der Waals surface area (Å²) >= 11 is 0. The van der Waals surface area contributed by atoms with Gasteiger partial charge in [0.15, 0.2) is 0 Å². The maximum absolute atomic E-state index is 12.6. The lowest BCUT2D eigenvalue weighted by Crippen LogP contribution is -2.40. The SMILES string of the molecule is CCC(C)(CC(C)(C)C(=O)OCCN1C(=O)C2C3C=CC(O3)C2C1=O)C(=O)OC. The molecule has 2 fully saturated rings. The number of amides is 2. The van der Waals surface area contributed by atoms with E-state index in [1.54, 1.807) is 20.8 Å². The average Bonchev–Trinajstić information content (AvgIpc) is 3.36. The number of fused-ring (bicyclic) bond motifs is 5. The molecule has 0 saturated carbocycles. The standard InChI is InChI=1S/C21H29NO7/c1-6-21(4,19(26)27-5)11-20(2,3)18(25)28-10-9-22-16(23)14-12-7-8-13(29-12)15(14)17(22)24/h7-8,12-15H,6,9-11H2,1-5H3. The number of hydrogen-bond donors (Lipinski definition) is 0. The van der Waals surface area contributed by atoms with Crippen molar-refractivity contribution in [2.45, 2.75) is 52.7 Å². The lowest BCUT2D eigenvalue weighted by molar-refractivity contribution is -0.163. The van der Waals surface area contributed by atoms with Gasteiger partial charge in [-0.05, 0) is 33.6 Å². The summed E-state index contributed by atoms with van der Waals surface area (Å²) in [5.41, 5.74) is -1.73. The lowest BCUT2D eigenvalue weighted by atomic mass is 9.72. The van der Waals surface area contributed by atoms with E-state index in [-0.39, 0.29) is 49.6 Å². The van der Waals surface area contributed by atoms with Crippen molar-refractivity contribution in [2.24, 2.45) is 22.7 Å². The summed E-state index contributed by atoms with van der Waals surface area (Å²) in [6, 6.07) is 0. The average molecular weight is 407 g/mol. The van der Waals surface area contributed by atoms with Crippen molar-refractivity contribution in [3.63, 3.8) is 0 Å². The Bertz CT molecular complexity index is 728. The van der Waals surface area contributed by atoms with Crippen molar-refractivity contribution in [1.82, 2.24) is 4.90 Å². The Hall–Kier alpha value is -2.22. The molecule has 0 spiro atoms. The number of ether oxygens (including phenoxy) is 3. The van der Waals surface area contributed by atoms with Crippen molar-refractivity contribution in [3.8, 4) is 0 Å². The third-order valence-electron chi connectivity index (χ3n) is 6.39. The zero-order valence-corrected chi connectivity index (χ0v) is 17.6. The summed E-state index contributed by atoms with van der Waals surface area (Å²) in [5.74, 6) is -2.31. The fourth-order valence-electron chi connectivity index (χ4n) is 4.65. The highest BCUT2D eigenvalue weighted by Crippen LogP contribution is 2.45. The molecule has 29 heavy (non-hydrogen) atoms. The molecule has 3 aliphatic rings. The van der Waals surface area contributed by atoms with Gasteiger partial charge >= 0.3 is 11.9 Å². The fraction of sp³-hybridized carbons (Fsp3) is 0.714. The van der Waals surface area contributed by atoms with E-state index in [4.69, 9.17) is 14.2 Å². The normalized spacial score (nSPS) is 29.8. The molecule has 0 radical (unpaired) electrons. The van der Waals surface area contributed by atoms with Gasteiger partial charge in [0.2, 0.25) is 11.8 Å². The zero-order valence-electron chi connectivity index (χ0n) is 17.6. The quantitative estimate of drug-likeness (QED) is 0.341. The van der Waals surface area contributed by atoms with Gasteiger partial charge in [0.25, 0.3) is 0 Å². The molecule has 2 saturated heterocycles. The second-order valence-corrected chi connectivity index (χ2v) is 8.93. The Kier molecular flexibility index (Phi) is 5.60. The van der Waals surface area contributed by atoms with Crippen LogP contribution in [0.3, 0.4) is 0 Å². The number of carbonyl (C=O) groups excluding carboxylic acids is 4. The minimum absolute atomic E-state index is 0.0218. The molecular formula is C21H29NO7. The Morgan fingerprint density at radius 2 is 1.62 bits per heavy atom. The van der Waals surface area contributed by atoms with Gasteiger partial charge in [-0.2, -0.15) is 0 Å². The van der Waals surface area contributed by atoms with Crippen molar-refractivity contribution in [2.75, 3.05) is 20.3 Å². The van der Waals surface area contributed by atoms with Crippen LogP contribution in [0.25, 0.3) is 0 Å². The van der Waals surface area contributed by atoms with Gasteiger partial charge in [-0.1, -0.05) is 19.1 Å². The first-order valence-electron chi connectivity index (χ1n) is 10.0. The molecule has 0 aromatic heterocycles. The predicted octanol–water partition coefficient (Wildman–Crippen LogP) is 1.47. The van der Waals surface area contributed by atoms with E-state index in [0.29, 0.717) is 6.42 Å². The van der Waals surface area contributed by atoms with Crippen LogP contribution in [-0.4, -0.2) is 61.1 Å². The first kappa shape index (κ1) is 21.5. The summed E-state index contributed by atoms with van der Waals surface area (Å²) < 4.78 is 15.9. The molecule has 8 nitrogen and oxygen atoms in total. The minimum Gasteiger partial charge on any atom is -0.469 e. The summed E-state index contributed by atoms with van der Waals surface area (Å²) in [6.45, 7) is 6.99. The Morgan fingerprint density at radius 1 is 1.07 bits per heavy atom. The monoisotopic (exact) mass is 407 g/mol. The van der Waals surface area contributed by atoms with Gasteiger partial charge in [-0.3, -0.25) is 24.1 Å². The number of hydrogen-bond acceptors (Lipinski definition) is 7. The van der Waals surface area contributed by atoms with Crippen LogP contribution in [0.1, 0.15) is 40.5 Å². The summed E-state index contributed by atoms with van der Waals surface area (Å²) in [4.78, 5) is 51.1. The fourth-order valence-corrected chi connectivity index (χ4v) is 4.65. The smallest absolute Gasteiger partial charge is 0.311 e. The number of nitrogens with zero attached hydrogens (tertiary/aromatic N) is 1. The molecule has 2 amide bonds. The molecule has 3 aliphatic heterocycles. The Morgan fingerprint density at radius 3 is 2.10 bits per heavy atom. The first-order valence-corrected chi connectivity index (χ1v) is 10.0. The van der Waals surface area contributed by atoms with E-state index < -0.39 is 28.6 Å². The van der Waals surface area contributed by atoms with Crippen LogP contribution in [0.2, 0.25) is 0 Å². The highest BCUT2D eigenvalue weighted by molar-refractivity contribution is 6.06. The maximum Gasteiger partial charge on any atom is 0.311 e. The lowest BCUT2D eigenvalue weighted by Gasteiger charge is -2.33. The molecule has 0 N–H and O–H groups in total. The van der Waals surface area contributed by atoms with E-state index in [2.05, 4.69) is 0 Å². The van der Waals surface area contributed by atoms with Crippen LogP contribution < -0.4 is 0 Å². The van der Waals surface area contributed by atoms with Crippen LogP contribution in [0, 0.1) is 22.7 Å². The van der Waals surface area contributed by atoms with Crippen LogP contribution in [0.5, 0.6) is 0 Å². The van der Waals surface area contributed by atoms with Gasteiger partial charge in [-0.15, -0.1) is 0 Å². The van der Waals surface area contributed by atoms with Crippen molar-refractivity contribution < 1.29 is 33.4 Å². The van der Waals surface area contributed by atoms with Crippen LogP contribution in [-0.2, 0) is 33.4 Å². The topological polar surface area (TPSA) is 99.2 Å². The van der Waals surface area contributed by atoms with Crippen LogP contribution in [0.4, 0.5) is 0 Å². The second-order valence-electron chi connectivity index (χ2n) is 8.93. The number of likely N-dealkylation sites (tertiary alicyclic amines) is 1. The molecule has 0 aromatic carbocycles. The van der Waals surface area contributed by atoms with Gasteiger partial charge in [0, 0.05) is 0 Å². The maximum atomic E-state index is 12.6. The van der Waals surface area contributed by atoms with Crippen LogP contribution in [0.15, 0.2) is 12.2 Å². The van der Waals surface area contributed by atoms with E-state index >= 15 is 0 Å². The van der Waals surface area contributed by atoms with Gasteiger partial charge in [-0.25, -0.2) is 0 Å². The summed E-state index contributed by atoms with van der Waals surface area (Å²) in [6.07, 6.45) is 3.77. The third-order valence-corrected chi connectivity index (χ3v) is 6.39. The predicted molar refractivity (Wildman–Crippen MR) is 101 cm³/mol. The van der Waals surface area contributed by atoms with Gasteiger partial charge in [0.05, 0.1) is 48.5 Å². The first-order chi connectivity index (χ1) is 13.6.